The first-order chi connectivity index (χ1) is 9.27. The van der Waals surface area contributed by atoms with Crippen LogP contribution in [0.15, 0.2) is 22.7 Å². The van der Waals surface area contributed by atoms with Gasteiger partial charge in [-0.3, -0.25) is 4.79 Å². The minimum Gasteiger partial charge on any atom is -0.294 e. The number of halogens is 2. The summed E-state index contributed by atoms with van der Waals surface area (Å²) in [6.45, 7) is 0. The second kappa shape index (κ2) is 6.16. The predicted molar refractivity (Wildman–Crippen MR) is 84.1 cm³/mol. The summed E-state index contributed by atoms with van der Waals surface area (Å²) < 4.78 is 24.1. The van der Waals surface area contributed by atoms with E-state index in [0.29, 0.717) is 23.4 Å². The van der Waals surface area contributed by atoms with E-state index in [1.54, 1.807) is 18.2 Å². The van der Waals surface area contributed by atoms with Gasteiger partial charge in [-0.1, -0.05) is 34.0 Å². The first-order valence-electron chi connectivity index (χ1n) is 6.46. The number of rotatable bonds is 3. The smallest absolute Gasteiger partial charge is 0.166 e. The molecule has 0 heterocycles. The molecule has 0 bridgehead atoms. The lowest BCUT2D eigenvalue weighted by molar-refractivity contribution is 0.0891. The van der Waals surface area contributed by atoms with Crippen molar-refractivity contribution in [2.24, 2.45) is 5.92 Å². The third-order valence-corrected chi connectivity index (χ3v) is 6.06. The fourth-order valence-electron chi connectivity index (χ4n) is 2.70. The molecule has 6 heteroatoms. The third kappa shape index (κ3) is 3.83. The molecular weight excluding hydrogens is 364 g/mol. The van der Waals surface area contributed by atoms with E-state index in [1.165, 1.54) is 6.26 Å². The zero-order chi connectivity index (χ0) is 14.9. The fraction of sp³-hybridized carbons (Fsp3) is 0.500. The molecule has 0 N–H and O–H groups in total. The van der Waals surface area contributed by atoms with Crippen molar-refractivity contribution in [2.45, 2.75) is 30.9 Å². The topological polar surface area (TPSA) is 51.2 Å². The molecule has 1 aliphatic rings. The Morgan fingerprint density at radius 1 is 1.30 bits per heavy atom. The largest absolute Gasteiger partial charge is 0.294 e. The van der Waals surface area contributed by atoms with Gasteiger partial charge in [-0.05, 0) is 37.5 Å². The van der Waals surface area contributed by atoms with Gasteiger partial charge in [0.05, 0.1) is 5.25 Å². The van der Waals surface area contributed by atoms with Gasteiger partial charge >= 0.3 is 0 Å². The van der Waals surface area contributed by atoms with Crippen molar-refractivity contribution >= 4 is 43.2 Å². The van der Waals surface area contributed by atoms with E-state index < -0.39 is 15.1 Å². The first-order valence-corrected chi connectivity index (χ1v) is 9.59. The van der Waals surface area contributed by atoms with Gasteiger partial charge in [-0.15, -0.1) is 0 Å². The highest BCUT2D eigenvalue weighted by Gasteiger charge is 2.32. The highest BCUT2D eigenvalue weighted by molar-refractivity contribution is 9.10. The first kappa shape index (κ1) is 16.0. The molecule has 0 spiro atoms. The van der Waals surface area contributed by atoms with E-state index in [-0.39, 0.29) is 11.7 Å². The van der Waals surface area contributed by atoms with Crippen molar-refractivity contribution < 1.29 is 13.2 Å². The van der Waals surface area contributed by atoms with Gasteiger partial charge in [0.25, 0.3) is 0 Å². The number of hydrogen-bond acceptors (Lipinski definition) is 3. The van der Waals surface area contributed by atoms with Gasteiger partial charge in [-0.25, -0.2) is 8.42 Å². The Balaban J connectivity index is 2.20. The van der Waals surface area contributed by atoms with Crippen LogP contribution >= 0.6 is 27.5 Å². The predicted octanol–water partition coefficient (Wildman–Crippen LogP) is 3.89. The Morgan fingerprint density at radius 3 is 2.60 bits per heavy atom. The zero-order valence-electron chi connectivity index (χ0n) is 11.1. The standard InChI is InChI=1S/C14H16BrClO3S/c1-20(18,19)13-4-2-3-9(7-13)14(17)10-5-11(15)8-12(16)6-10/h5-6,8-9,13H,2-4,7H2,1H3. The molecule has 0 aliphatic heterocycles. The highest BCUT2D eigenvalue weighted by Crippen LogP contribution is 2.32. The van der Waals surface area contributed by atoms with Crippen LogP contribution in [0.1, 0.15) is 36.0 Å². The zero-order valence-corrected chi connectivity index (χ0v) is 14.3. The van der Waals surface area contributed by atoms with Crippen molar-refractivity contribution in [1.29, 1.82) is 0 Å². The molecular formula is C14H16BrClO3S. The van der Waals surface area contributed by atoms with Crippen LogP contribution in [0.25, 0.3) is 0 Å². The number of ketones is 1. The van der Waals surface area contributed by atoms with E-state index in [1.807, 2.05) is 0 Å². The van der Waals surface area contributed by atoms with Crippen LogP contribution < -0.4 is 0 Å². The van der Waals surface area contributed by atoms with Crippen molar-refractivity contribution in [2.75, 3.05) is 6.26 Å². The van der Waals surface area contributed by atoms with Gasteiger partial charge < -0.3 is 0 Å². The summed E-state index contributed by atoms with van der Waals surface area (Å²) >= 11 is 9.27. The summed E-state index contributed by atoms with van der Waals surface area (Å²) in [5, 5.41) is 0.103. The molecule has 110 valence electrons. The Kier molecular flexibility index (Phi) is 4.92. The van der Waals surface area contributed by atoms with Gasteiger partial charge in [-0.2, -0.15) is 0 Å². The van der Waals surface area contributed by atoms with Crippen LogP contribution in [0, 0.1) is 5.92 Å². The SMILES string of the molecule is CS(=O)(=O)C1CCCC(C(=O)c2cc(Cl)cc(Br)c2)C1. The molecule has 1 aromatic rings. The molecule has 0 amide bonds. The Hall–Kier alpha value is -0.390. The van der Waals surface area contributed by atoms with Crippen molar-refractivity contribution in [3.63, 3.8) is 0 Å². The van der Waals surface area contributed by atoms with E-state index in [4.69, 9.17) is 11.6 Å². The quantitative estimate of drug-likeness (QED) is 0.749. The maximum Gasteiger partial charge on any atom is 0.166 e. The second-order valence-corrected chi connectivity index (χ2v) is 9.02. The molecule has 1 aromatic carbocycles. The van der Waals surface area contributed by atoms with Crippen LogP contribution in [0.4, 0.5) is 0 Å². The maximum atomic E-state index is 12.5. The maximum absolute atomic E-state index is 12.5. The molecule has 20 heavy (non-hydrogen) atoms. The van der Waals surface area contributed by atoms with Crippen LogP contribution in [0.2, 0.25) is 5.02 Å². The summed E-state index contributed by atoms with van der Waals surface area (Å²) in [4.78, 5) is 12.5. The van der Waals surface area contributed by atoms with E-state index >= 15 is 0 Å². The molecule has 2 unspecified atom stereocenters. The molecule has 0 saturated heterocycles. The van der Waals surface area contributed by atoms with Crippen LogP contribution in [-0.2, 0) is 9.84 Å². The van der Waals surface area contributed by atoms with Crippen LogP contribution in [0.3, 0.4) is 0 Å². The fourth-order valence-corrected chi connectivity index (χ4v) is 4.74. The van der Waals surface area contributed by atoms with Crippen molar-refractivity contribution in [3.05, 3.63) is 33.3 Å². The molecule has 1 fully saturated rings. The second-order valence-electron chi connectivity index (χ2n) is 5.34. The van der Waals surface area contributed by atoms with Crippen molar-refractivity contribution in [3.8, 4) is 0 Å². The molecule has 1 aliphatic carbocycles. The lowest BCUT2D eigenvalue weighted by Gasteiger charge is -2.27. The molecule has 3 nitrogen and oxygen atoms in total. The van der Waals surface area contributed by atoms with Crippen LogP contribution in [0.5, 0.6) is 0 Å². The number of benzene rings is 1. The number of carbonyl (C=O) groups excluding carboxylic acids is 1. The monoisotopic (exact) mass is 378 g/mol. The summed E-state index contributed by atoms with van der Waals surface area (Å²) in [5.41, 5.74) is 0.545. The highest BCUT2D eigenvalue weighted by atomic mass is 79.9. The lowest BCUT2D eigenvalue weighted by Crippen LogP contribution is -2.31. The minimum absolute atomic E-state index is 0.0125. The van der Waals surface area contributed by atoms with E-state index in [9.17, 15) is 13.2 Å². The lowest BCUT2D eigenvalue weighted by atomic mass is 9.83. The Bertz CT molecular complexity index is 607. The molecule has 2 atom stereocenters. The Morgan fingerprint density at radius 2 is 2.00 bits per heavy atom. The molecule has 0 aromatic heterocycles. The van der Waals surface area contributed by atoms with E-state index in [2.05, 4.69) is 15.9 Å². The summed E-state index contributed by atoms with van der Waals surface area (Å²) in [6, 6.07) is 5.09. The molecule has 1 saturated carbocycles. The summed E-state index contributed by atoms with van der Waals surface area (Å²) in [5.74, 6) is -0.240. The third-order valence-electron chi connectivity index (χ3n) is 3.75. The normalized spacial score (nSPS) is 23.6. The molecule has 2 rings (SSSR count). The minimum atomic E-state index is -3.08. The number of Topliss-reactive ketones (excluding diaryl/α,β-unsaturated/α-hetero) is 1. The van der Waals surface area contributed by atoms with Gasteiger partial charge in [0.1, 0.15) is 9.84 Å². The van der Waals surface area contributed by atoms with Crippen LogP contribution in [-0.4, -0.2) is 25.7 Å². The summed E-state index contributed by atoms with van der Waals surface area (Å²) in [6.07, 6.45) is 3.84. The van der Waals surface area contributed by atoms with Gasteiger partial charge in [0, 0.05) is 27.2 Å². The number of hydrogen-bond donors (Lipinski definition) is 0. The number of sulfone groups is 1. The molecule has 0 radical (unpaired) electrons. The van der Waals surface area contributed by atoms with Crippen molar-refractivity contribution in [1.82, 2.24) is 0 Å². The van der Waals surface area contributed by atoms with Gasteiger partial charge in [0.15, 0.2) is 5.78 Å². The number of carbonyl (C=O) groups is 1. The summed E-state index contributed by atoms with van der Waals surface area (Å²) in [7, 11) is -3.08. The average molecular weight is 380 g/mol. The Labute approximate surface area is 132 Å². The van der Waals surface area contributed by atoms with E-state index in [0.717, 1.165) is 17.3 Å². The average Bonchev–Trinajstić information content (AvgIpc) is 2.36. The van der Waals surface area contributed by atoms with Gasteiger partial charge in [0.2, 0.25) is 0 Å².